The lowest BCUT2D eigenvalue weighted by atomic mass is 10.1. The second kappa shape index (κ2) is 31.7. The molecule has 0 N–H and O–H groups in total. The summed E-state index contributed by atoms with van der Waals surface area (Å²) >= 11 is 0. The Hall–Kier alpha value is -3.53. The van der Waals surface area contributed by atoms with Crippen molar-refractivity contribution >= 4 is 24.3 Å². The van der Waals surface area contributed by atoms with Gasteiger partial charge in [-0.15, -0.1) is 0 Å². The van der Waals surface area contributed by atoms with Gasteiger partial charge in [-0.2, -0.15) is 0 Å². The first-order chi connectivity index (χ1) is 27.2. The van der Waals surface area contributed by atoms with Crippen LogP contribution >= 0.6 is 0 Å². The third-order valence-electron chi connectivity index (χ3n) is 10.4. The van der Waals surface area contributed by atoms with E-state index in [1.54, 1.807) is 0 Å². The van der Waals surface area contributed by atoms with E-state index in [0.29, 0.717) is 19.8 Å². The lowest BCUT2D eigenvalue weighted by Gasteiger charge is -2.18. The second-order valence-corrected chi connectivity index (χ2v) is 15.4. The fourth-order valence-electron chi connectivity index (χ4n) is 6.87. The number of unbranched alkanes of at least 4 members (excludes halogenated alkanes) is 21. The van der Waals surface area contributed by atoms with E-state index < -0.39 is 0 Å². The maximum Gasteiger partial charge on any atom is 0.203 e. The fourth-order valence-corrected chi connectivity index (χ4v) is 6.87. The summed E-state index contributed by atoms with van der Waals surface area (Å²) in [5, 5.41) is 0. The van der Waals surface area contributed by atoms with E-state index in [-0.39, 0.29) is 0 Å². The molecule has 1 aromatic heterocycles. The van der Waals surface area contributed by atoms with Crippen molar-refractivity contribution in [1.82, 2.24) is 4.98 Å². The molecule has 0 atom stereocenters. The molecule has 0 radical (unpaired) electrons. The summed E-state index contributed by atoms with van der Waals surface area (Å²) in [6.45, 7) is 8.93. The molecule has 0 unspecified atom stereocenters. The predicted octanol–water partition coefficient (Wildman–Crippen LogP) is 16.0. The standard InChI is InChI=1S/C51H77NO3/c1-4-7-10-13-16-19-22-25-40-53-49-43-48(35-34-46-30-28-45(29-31-46)32-33-47-36-38-52-39-37-47)44-50(54-41-26-23-20-17-14-11-8-5-2)51(49)55-42-27-24-21-18-15-12-9-6-3/h28-39,43-44H,4-27,40-42H2,1-3H3/b33-32+,35-34+. The highest BCUT2D eigenvalue weighted by atomic mass is 16.5. The molecular formula is C51H77NO3. The van der Waals surface area contributed by atoms with Crippen LogP contribution in [0.25, 0.3) is 24.3 Å². The summed E-state index contributed by atoms with van der Waals surface area (Å²) in [5.74, 6) is 2.41. The van der Waals surface area contributed by atoms with Crippen molar-refractivity contribution in [2.75, 3.05) is 19.8 Å². The summed E-state index contributed by atoms with van der Waals surface area (Å²) in [7, 11) is 0. The highest BCUT2D eigenvalue weighted by molar-refractivity contribution is 5.74. The van der Waals surface area contributed by atoms with Crippen LogP contribution in [0.3, 0.4) is 0 Å². The zero-order valence-corrected chi connectivity index (χ0v) is 35.3. The van der Waals surface area contributed by atoms with E-state index in [9.17, 15) is 0 Å². The summed E-state index contributed by atoms with van der Waals surface area (Å²) in [5.41, 5.74) is 4.53. The molecule has 0 spiro atoms. The van der Waals surface area contributed by atoms with Crippen molar-refractivity contribution in [1.29, 1.82) is 0 Å². The Morgan fingerprint density at radius 3 is 1.05 bits per heavy atom. The molecule has 0 aliphatic carbocycles. The molecule has 3 rings (SSSR count). The van der Waals surface area contributed by atoms with Gasteiger partial charge in [0.15, 0.2) is 11.5 Å². The summed E-state index contributed by atoms with van der Waals surface area (Å²) in [6.07, 6.45) is 43.0. The van der Waals surface area contributed by atoms with Gasteiger partial charge in [0.1, 0.15) is 0 Å². The molecule has 0 fully saturated rings. The second-order valence-electron chi connectivity index (χ2n) is 15.4. The number of pyridine rings is 1. The first kappa shape index (κ1) is 45.9. The average Bonchev–Trinajstić information content (AvgIpc) is 3.21. The maximum absolute atomic E-state index is 6.58. The predicted molar refractivity (Wildman–Crippen MR) is 239 cm³/mol. The zero-order valence-electron chi connectivity index (χ0n) is 35.3. The molecule has 0 bridgehead atoms. The van der Waals surface area contributed by atoms with Crippen LogP contribution in [0.15, 0.2) is 60.9 Å². The van der Waals surface area contributed by atoms with Gasteiger partial charge in [-0.3, -0.25) is 4.98 Å². The molecule has 55 heavy (non-hydrogen) atoms. The Bertz CT molecular complexity index is 1350. The summed E-state index contributed by atoms with van der Waals surface area (Å²) < 4.78 is 19.7. The van der Waals surface area contributed by atoms with Gasteiger partial charge in [-0.1, -0.05) is 204 Å². The van der Waals surface area contributed by atoms with E-state index in [1.165, 1.54) is 140 Å². The normalized spacial score (nSPS) is 11.5. The number of aromatic nitrogens is 1. The molecule has 0 aliphatic heterocycles. The minimum absolute atomic E-state index is 0.689. The van der Waals surface area contributed by atoms with Crippen molar-refractivity contribution in [3.8, 4) is 17.2 Å². The minimum atomic E-state index is 0.689. The molecule has 4 nitrogen and oxygen atoms in total. The number of hydrogen-bond acceptors (Lipinski definition) is 4. The van der Waals surface area contributed by atoms with E-state index >= 15 is 0 Å². The zero-order chi connectivity index (χ0) is 38.9. The third kappa shape index (κ3) is 22.0. The van der Waals surface area contributed by atoms with Gasteiger partial charge in [-0.05, 0) is 65.8 Å². The first-order valence-electron chi connectivity index (χ1n) is 22.7. The van der Waals surface area contributed by atoms with E-state index in [2.05, 4.69) is 86.5 Å². The van der Waals surface area contributed by atoms with E-state index in [1.807, 2.05) is 24.5 Å². The summed E-state index contributed by atoms with van der Waals surface area (Å²) in [6, 6.07) is 17.0. The smallest absolute Gasteiger partial charge is 0.203 e. The van der Waals surface area contributed by atoms with Crippen LogP contribution in [-0.2, 0) is 0 Å². The van der Waals surface area contributed by atoms with Gasteiger partial charge in [-0.25, -0.2) is 0 Å². The molecule has 0 saturated carbocycles. The molecule has 304 valence electrons. The fraction of sp³-hybridized carbons (Fsp3) is 0.588. The number of hydrogen-bond donors (Lipinski definition) is 0. The third-order valence-corrected chi connectivity index (χ3v) is 10.4. The Morgan fingerprint density at radius 2 is 0.673 bits per heavy atom. The Balaban J connectivity index is 1.71. The monoisotopic (exact) mass is 752 g/mol. The molecule has 4 heteroatoms. The quantitative estimate of drug-likeness (QED) is 0.0450. The van der Waals surface area contributed by atoms with Crippen LogP contribution in [0.4, 0.5) is 0 Å². The maximum atomic E-state index is 6.58. The van der Waals surface area contributed by atoms with Crippen LogP contribution in [0.1, 0.15) is 197 Å². The number of nitrogens with zero attached hydrogens (tertiary/aromatic N) is 1. The van der Waals surface area contributed by atoms with Crippen molar-refractivity contribution in [2.24, 2.45) is 0 Å². The molecule has 0 saturated heterocycles. The SMILES string of the molecule is CCCCCCCCCCOc1cc(/C=C/c2ccc(/C=C/c3ccncc3)cc2)cc(OCCCCCCCCCC)c1OCCCCCCCCCC. The topological polar surface area (TPSA) is 40.6 Å². The molecule has 3 aromatic rings. The summed E-state index contributed by atoms with van der Waals surface area (Å²) in [4.78, 5) is 4.11. The molecule has 0 aliphatic rings. The molecular weight excluding hydrogens is 675 g/mol. The van der Waals surface area contributed by atoms with Gasteiger partial charge >= 0.3 is 0 Å². The van der Waals surface area contributed by atoms with E-state index in [0.717, 1.165) is 53.2 Å². The van der Waals surface area contributed by atoms with Gasteiger partial charge < -0.3 is 14.2 Å². The Morgan fingerprint density at radius 1 is 0.364 bits per heavy atom. The Labute approximate surface area is 337 Å². The average molecular weight is 752 g/mol. The van der Waals surface area contributed by atoms with Gasteiger partial charge in [0, 0.05) is 12.4 Å². The number of rotatable bonds is 34. The van der Waals surface area contributed by atoms with Gasteiger partial charge in [0.2, 0.25) is 5.75 Å². The van der Waals surface area contributed by atoms with Crippen LogP contribution < -0.4 is 14.2 Å². The van der Waals surface area contributed by atoms with Crippen LogP contribution in [0.2, 0.25) is 0 Å². The van der Waals surface area contributed by atoms with Crippen molar-refractivity contribution in [3.63, 3.8) is 0 Å². The molecule has 2 aromatic carbocycles. The molecule has 1 heterocycles. The minimum Gasteiger partial charge on any atom is -0.490 e. The van der Waals surface area contributed by atoms with Crippen molar-refractivity contribution in [3.05, 3.63) is 83.2 Å². The lowest BCUT2D eigenvalue weighted by Crippen LogP contribution is -2.06. The van der Waals surface area contributed by atoms with Crippen LogP contribution in [0, 0.1) is 0 Å². The number of benzene rings is 2. The van der Waals surface area contributed by atoms with Crippen molar-refractivity contribution in [2.45, 2.75) is 175 Å². The van der Waals surface area contributed by atoms with Gasteiger partial charge in [0.25, 0.3) is 0 Å². The van der Waals surface area contributed by atoms with E-state index in [4.69, 9.17) is 14.2 Å². The molecule has 0 amide bonds. The highest BCUT2D eigenvalue weighted by Gasteiger charge is 2.16. The van der Waals surface area contributed by atoms with Gasteiger partial charge in [0.05, 0.1) is 19.8 Å². The highest BCUT2D eigenvalue weighted by Crippen LogP contribution is 2.40. The van der Waals surface area contributed by atoms with Crippen molar-refractivity contribution < 1.29 is 14.2 Å². The van der Waals surface area contributed by atoms with Crippen LogP contribution in [0.5, 0.6) is 17.2 Å². The van der Waals surface area contributed by atoms with Crippen LogP contribution in [-0.4, -0.2) is 24.8 Å². The largest absolute Gasteiger partial charge is 0.490 e. The Kier molecular flexibility index (Phi) is 26.4. The number of ether oxygens (including phenoxy) is 3. The first-order valence-corrected chi connectivity index (χ1v) is 22.7. The lowest BCUT2D eigenvalue weighted by molar-refractivity contribution is 0.234.